The van der Waals surface area contributed by atoms with E-state index in [4.69, 9.17) is 17.0 Å². The van der Waals surface area contributed by atoms with Gasteiger partial charge in [-0.3, -0.25) is 9.55 Å². The predicted octanol–water partition coefficient (Wildman–Crippen LogP) is 3.11. The molecule has 5 nitrogen and oxygen atoms in total. The molecule has 0 radical (unpaired) electrons. The molecule has 0 aliphatic rings. The van der Waals surface area contributed by atoms with Crippen molar-refractivity contribution in [2.45, 2.75) is 19.9 Å². The van der Waals surface area contributed by atoms with E-state index in [0.29, 0.717) is 17.2 Å². The van der Waals surface area contributed by atoms with E-state index >= 15 is 0 Å². The van der Waals surface area contributed by atoms with Crippen molar-refractivity contribution in [3.8, 4) is 5.88 Å². The Labute approximate surface area is 127 Å². The van der Waals surface area contributed by atoms with Gasteiger partial charge in [0.15, 0.2) is 10.4 Å². The summed E-state index contributed by atoms with van der Waals surface area (Å²) in [6.45, 7) is 2.72. The summed E-state index contributed by atoms with van der Waals surface area (Å²) in [6.07, 6.45) is 2.75. The molecule has 0 fully saturated rings. The second-order valence-electron chi connectivity index (χ2n) is 4.70. The van der Waals surface area contributed by atoms with Gasteiger partial charge >= 0.3 is 0 Å². The average Bonchev–Trinajstić information content (AvgIpc) is 2.83. The molecule has 0 spiro atoms. The van der Waals surface area contributed by atoms with Crippen LogP contribution >= 0.6 is 12.2 Å². The van der Waals surface area contributed by atoms with Gasteiger partial charge < -0.3 is 9.72 Å². The Bertz CT molecular complexity index is 837. The molecule has 6 heteroatoms. The minimum atomic E-state index is 0.571. The number of fused-ring (bicyclic) bond motifs is 1. The number of pyridine rings is 2. The Balaban J connectivity index is 2.11. The number of hydrogen-bond acceptors (Lipinski definition) is 4. The van der Waals surface area contributed by atoms with Crippen LogP contribution in [0.5, 0.6) is 5.88 Å². The first-order valence-electron chi connectivity index (χ1n) is 6.79. The minimum Gasteiger partial charge on any atom is -0.481 e. The Kier molecular flexibility index (Phi) is 3.70. The third-order valence-corrected chi connectivity index (χ3v) is 3.80. The van der Waals surface area contributed by atoms with E-state index in [9.17, 15) is 0 Å². The van der Waals surface area contributed by atoms with Gasteiger partial charge in [0.25, 0.3) is 0 Å². The molecule has 0 aromatic carbocycles. The summed E-state index contributed by atoms with van der Waals surface area (Å²) in [6, 6.07) is 7.79. The molecular formula is C15H16N4OS. The van der Waals surface area contributed by atoms with Crippen molar-refractivity contribution in [3.63, 3.8) is 0 Å². The monoisotopic (exact) mass is 300 g/mol. The number of aromatic nitrogens is 4. The molecule has 3 heterocycles. The number of rotatable bonds is 4. The molecule has 0 saturated carbocycles. The van der Waals surface area contributed by atoms with E-state index < -0.39 is 0 Å². The Morgan fingerprint density at radius 2 is 2.19 bits per heavy atom. The van der Waals surface area contributed by atoms with Crippen LogP contribution in [0.1, 0.15) is 18.2 Å². The smallest absolute Gasteiger partial charge is 0.215 e. The fourth-order valence-electron chi connectivity index (χ4n) is 2.36. The highest BCUT2D eigenvalue weighted by Gasteiger charge is 2.10. The van der Waals surface area contributed by atoms with E-state index in [1.165, 1.54) is 5.56 Å². The van der Waals surface area contributed by atoms with Crippen molar-refractivity contribution in [3.05, 3.63) is 46.5 Å². The van der Waals surface area contributed by atoms with Gasteiger partial charge in [0.05, 0.1) is 24.9 Å². The first-order valence-corrected chi connectivity index (χ1v) is 7.20. The number of methoxy groups -OCH3 is 1. The Morgan fingerprint density at radius 3 is 2.95 bits per heavy atom. The van der Waals surface area contributed by atoms with Gasteiger partial charge in [0.1, 0.15) is 0 Å². The van der Waals surface area contributed by atoms with E-state index in [0.717, 1.165) is 23.3 Å². The standard InChI is InChI=1S/C15H16N4OS/c1-3-10-5-4-8-16-12(10)9-19-14-11(17-15(19)21)6-7-13(18-14)20-2/h4-8H,3,9H2,1-2H3,(H,17,21). The van der Waals surface area contributed by atoms with Crippen molar-refractivity contribution in [1.29, 1.82) is 0 Å². The summed E-state index contributed by atoms with van der Waals surface area (Å²) < 4.78 is 7.78. The van der Waals surface area contributed by atoms with Crippen molar-refractivity contribution in [1.82, 2.24) is 19.5 Å². The number of nitrogens with one attached hydrogen (secondary N) is 1. The molecular weight excluding hydrogens is 284 g/mol. The van der Waals surface area contributed by atoms with Crippen molar-refractivity contribution in [2.75, 3.05) is 7.11 Å². The zero-order valence-electron chi connectivity index (χ0n) is 12.0. The lowest BCUT2D eigenvalue weighted by Crippen LogP contribution is -2.06. The summed E-state index contributed by atoms with van der Waals surface area (Å²) in [5.74, 6) is 0.571. The fraction of sp³-hybridized carbons (Fsp3) is 0.267. The van der Waals surface area contributed by atoms with Crippen LogP contribution < -0.4 is 4.74 Å². The van der Waals surface area contributed by atoms with Crippen LogP contribution in [0, 0.1) is 4.77 Å². The van der Waals surface area contributed by atoms with Gasteiger partial charge in [-0.15, -0.1) is 0 Å². The Morgan fingerprint density at radius 1 is 1.33 bits per heavy atom. The average molecular weight is 300 g/mol. The summed E-state index contributed by atoms with van der Waals surface area (Å²) in [7, 11) is 1.60. The predicted molar refractivity (Wildman–Crippen MR) is 84.2 cm³/mol. The zero-order valence-corrected chi connectivity index (χ0v) is 12.8. The fourth-order valence-corrected chi connectivity index (χ4v) is 2.62. The Hall–Kier alpha value is -2.21. The van der Waals surface area contributed by atoms with E-state index in [-0.39, 0.29) is 0 Å². The molecule has 1 N–H and O–H groups in total. The summed E-state index contributed by atoms with van der Waals surface area (Å²) in [4.78, 5) is 12.1. The van der Waals surface area contributed by atoms with Crippen LogP contribution in [0.15, 0.2) is 30.5 Å². The van der Waals surface area contributed by atoms with Crippen LogP contribution in [-0.2, 0) is 13.0 Å². The number of hydrogen-bond donors (Lipinski definition) is 1. The summed E-state index contributed by atoms with van der Waals surface area (Å²) in [5.41, 5.74) is 3.92. The van der Waals surface area contributed by atoms with Crippen LogP contribution in [0.3, 0.4) is 0 Å². The van der Waals surface area contributed by atoms with Crippen LogP contribution in [-0.4, -0.2) is 26.6 Å². The third-order valence-electron chi connectivity index (χ3n) is 3.47. The SMILES string of the molecule is CCc1cccnc1Cn1c(=S)[nH]c2ccc(OC)nc21. The molecule has 0 atom stereocenters. The van der Waals surface area contributed by atoms with Gasteiger partial charge in [-0.1, -0.05) is 13.0 Å². The number of imidazole rings is 1. The zero-order chi connectivity index (χ0) is 14.8. The van der Waals surface area contributed by atoms with E-state index in [1.54, 1.807) is 13.3 Å². The van der Waals surface area contributed by atoms with Crippen LogP contribution in [0.4, 0.5) is 0 Å². The molecule has 0 aliphatic carbocycles. The van der Waals surface area contributed by atoms with Crippen molar-refractivity contribution >= 4 is 23.4 Å². The first-order chi connectivity index (χ1) is 10.2. The lowest BCUT2D eigenvalue weighted by molar-refractivity contribution is 0.399. The molecule has 3 aromatic heterocycles. The maximum Gasteiger partial charge on any atom is 0.215 e. The molecule has 0 bridgehead atoms. The van der Waals surface area contributed by atoms with Crippen LogP contribution in [0.25, 0.3) is 11.2 Å². The molecule has 0 saturated heterocycles. The normalized spacial score (nSPS) is 11.0. The summed E-state index contributed by atoms with van der Waals surface area (Å²) in [5, 5.41) is 0. The molecule has 0 unspecified atom stereocenters. The van der Waals surface area contributed by atoms with Gasteiger partial charge in [-0.2, -0.15) is 4.98 Å². The number of H-pyrrole nitrogens is 1. The van der Waals surface area contributed by atoms with Gasteiger partial charge in [0, 0.05) is 12.3 Å². The van der Waals surface area contributed by atoms with Crippen LogP contribution in [0.2, 0.25) is 0 Å². The lowest BCUT2D eigenvalue weighted by atomic mass is 10.1. The first kappa shape index (κ1) is 13.8. The maximum absolute atomic E-state index is 5.41. The maximum atomic E-state index is 5.41. The third kappa shape index (κ3) is 2.54. The highest BCUT2D eigenvalue weighted by molar-refractivity contribution is 7.71. The van der Waals surface area contributed by atoms with Crippen molar-refractivity contribution < 1.29 is 4.74 Å². The van der Waals surface area contributed by atoms with E-state index in [1.807, 2.05) is 22.8 Å². The second-order valence-corrected chi connectivity index (χ2v) is 5.09. The molecule has 3 aromatic rings. The second kappa shape index (κ2) is 5.65. The minimum absolute atomic E-state index is 0.571. The highest BCUT2D eigenvalue weighted by atomic mass is 32.1. The summed E-state index contributed by atoms with van der Waals surface area (Å²) >= 11 is 5.41. The molecule has 3 rings (SSSR count). The van der Waals surface area contributed by atoms with E-state index in [2.05, 4.69) is 27.9 Å². The quantitative estimate of drug-likeness (QED) is 0.752. The number of ether oxygens (including phenoxy) is 1. The molecule has 108 valence electrons. The largest absolute Gasteiger partial charge is 0.481 e. The number of aromatic amines is 1. The number of aryl methyl sites for hydroxylation is 1. The van der Waals surface area contributed by atoms with Crippen molar-refractivity contribution in [2.24, 2.45) is 0 Å². The van der Waals surface area contributed by atoms with Gasteiger partial charge in [-0.05, 0) is 36.3 Å². The molecule has 21 heavy (non-hydrogen) atoms. The van der Waals surface area contributed by atoms with Gasteiger partial charge in [-0.25, -0.2) is 0 Å². The highest BCUT2D eigenvalue weighted by Crippen LogP contribution is 2.18. The molecule has 0 amide bonds. The lowest BCUT2D eigenvalue weighted by Gasteiger charge is -2.08. The molecule has 0 aliphatic heterocycles. The van der Waals surface area contributed by atoms with Gasteiger partial charge in [0.2, 0.25) is 5.88 Å². The number of nitrogens with zero attached hydrogens (tertiary/aromatic N) is 3. The topological polar surface area (TPSA) is 55.7 Å².